The first-order valence-corrected chi connectivity index (χ1v) is 6.27. The summed E-state index contributed by atoms with van der Waals surface area (Å²) in [5.74, 6) is 0.433. The molecular weight excluding hydrogens is 260 g/mol. The monoisotopic (exact) mass is 276 g/mol. The summed E-state index contributed by atoms with van der Waals surface area (Å²) >= 11 is 0. The lowest BCUT2D eigenvalue weighted by molar-refractivity contribution is -0.121. The Bertz CT molecular complexity index is 548. The quantitative estimate of drug-likeness (QED) is 0.732. The smallest absolute Gasteiger partial charge is 0.286 e. The van der Waals surface area contributed by atoms with E-state index in [-0.39, 0.29) is 36.6 Å². The maximum Gasteiger partial charge on any atom is 0.286 e. The summed E-state index contributed by atoms with van der Waals surface area (Å²) < 4.78 is 4.94. The van der Waals surface area contributed by atoms with Gasteiger partial charge in [-0.1, -0.05) is 0 Å². The summed E-state index contributed by atoms with van der Waals surface area (Å²) in [4.78, 5) is 30.2. The normalized spacial score (nSPS) is 11.8. The van der Waals surface area contributed by atoms with Gasteiger partial charge in [-0.05, 0) is 19.1 Å². The zero-order chi connectivity index (χ0) is 14.4. The molecule has 0 spiro atoms. The Balaban J connectivity index is 1.69. The molecule has 7 nitrogen and oxygen atoms in total. The SMILES string of the molecule is CC(NC(=O)CCNC(=O)c1ccco1)c1ncc[nH]1. The highest BCUT2D eigenvalue weighted by Crippen LogP contribution is 2.05. The maximum absolute atomic E-state index is 11.7. The molecule has 1 atom stereocenters. The summed E-state index contributed by atoms with van der Waals surface area (Å²) in [6.45, 7) is 2.08. The maximum atomic E-state index is 11.7. The average molecular weight is 276 g/mol. The molecule has 0 aliphatic heterocycles. The number of carbonyl (C=O) groups is 2. The zero-order valence-electron chi connectivity index (χ0n) is 11.1. The average Bonchev–Trinajstić information content (AvgIpc) is 3.12. The van der Waals surface area contributed by atoms with Gasteiger partial charge in [-0.15, -0.1) is 0 Å². The minimum Gasteiger partial charge on any atom is -0.459 e. The van der Waals surface area contributed by atoms with Crippen LogP contribution in [-0.4, -0.2) is 28.3 Å². The standard InChI is InChI=1S/C13H16N4O3/c1-9(12-14-6-7-15-12)17-11(18)4-5-16-13(19)10-3-2-8-20-10/h2-3,6-9H,4-5H2,1H3,(H,14,15)(H,16,19)(H,17,18). The second-order valence-electron chi connectivity index (χ2n) is 4.25. The third-order valence-corrected chi connectivity index (χ3v) is 2.69. The fourth-order valence-corrected chi connectivity index (χ4v) is 1.68. The van der Waals surface area contributed by atoms with Crippen LogP contribution >= 0.6 is 0 Å². The number of H-pyrrole nitrogens is 1. The van der Waals surface area contributed by atoms with Gasteiger partial charge in [0, 0.05) is 25.4 Å². The van der Waals surface area contributed by atoms with E-state index in [1.165, 1.54) is 6.26 Å². The Kier molecular flexibility index (Phi) is 4.54. The number of rotatable bonds is 6. The molecule has 2 aromatic heterocycles. The Labute approximate surface area is 115 Å². The number of carbonyl (C=O) groups excluding carboxylic acids is 2. The summed E-state index contributed by atoms with van der Waals surface area (Å²) in [6.07, 6.45) is 4.94. The highest BCUT2D eigenvalue weighted by molar-refractivity contribution is 5.91. The molecule has 3 N–H and O–H groups in total. The fraction of sp³-hybridized carbons (Fsp3) is 0.308. The van der Waals surface area contributed by atoms with Crippen LogP contribution in [0.3, 0.4) is 0 Å². The molecule has 106 valence electrons. The van der Waals surface area contributed by atoms with Gasteiger partial charge >= 0.3 is 0 Å². The number of nitrogens with zero attached hydrogens (tertiary/aromatic N) is 1. The molecule has 0 aliphatic rings. The molecule has 0 saturated heterocycles. The van der Waals surface area contributed by atoms with E-state index in [2.05, 4.69) is 20.6 Å². The van der Waals surface area contributed by atoms with Crippen molar-refractivity contribution < 1.29 is 14.0 Å². The Morgan fingerprint density at radius 2 is 2.35 bits per heavy atom. The molecule has 0 fully saturated rings. The number of hydrogen-bond acceptors (Lipinski definition) is 4. The van der Waals surface area contributed by atoms with Crippen LogP contribution in [0.5, 0.6) is 0 Å². The van der Waals surface area contributed by atoms with Crippen molar-refractivity contribution in [3.05, 3.63) is 42.4 Å². The van der Waals surface area contributed by atoms with Gasteiger partial charge in [-0.2, -0.15) is 0 Å². The molecule has 20 heavy (non-hydrogen) atoms. The number of aromatic nitrogens is 2. The minimum atomic E-state index is -0.332. The molecule has 2 aromatic rings. The molecule has 0 aliphatic carbocycles. The van der Waals surface area contributed by atoms with Crippen LogP contribution in [0.2, 0.25) is 0 Å². The molecule has 1 unspecified atom stereocenters. The lowest BCUT2D eigenvalue weighted by Crippen LogP contribution is -2.32. The zero-order valence-corrected chi connectivity index (χ0v) is 11.1. The molecule has 2 heterocycles. The van der Waals surface area contributed by atoms with Crippen LogP contribution in [0.1, 0.15) is 35.8 Å². The molecule has 2 amide bonds. The van der Waals surface area contributed by atoms with E-state index in [9.17, 15) is 9.59 Å². The Morgan fingerprint density at radius 1 is 1.50 bits per heavy atom. The first kappa shape index (κ1) is 13.9. The Hall–Kier alpha value is -2.57. The summed E-state index contributed by atoms with van der Waals surface area (Å²) in [5, 5.41) is 5.39. The molecule has 2 rings (SSSR count). The van der Waals surface area contributed by atoms with Crippen LogP contribution in [0.25, 0.3) is 0 Å². The molecule has 7 heteroatoms. The number of hydrogen-bond donors (Lipinski definition) is 3. The predicted molar refractivity (Wildman–Crippen MR) is 70.8 cm³/mol. The van der Waals surface area contributed by atoms with Crippen LogP contribution < -0.4 is 10.6 Å². The lowest BCUT2D eigenvalue weighted by Gasteiger charge is -2.11. The van der Waals surface area contributed by atoms with Crippen LogP contribution in [0.15, 0.2) is 35.2 Å². The second kappa shape index (κ2) is 6.55. The van der Waals surface area contributed by atoms with Gasteiger partial charge in [-0.25, -0.2) is 4.98 Å². The van der Waals surface area contributed by atoms with E-state index < -0.39 is 0 Å². The third kappa shape index (κ3) is 3.71. The van der Waals surface area contributed by atoms with E-state index in [1.807, 2.05) is 6.92 Å². The summed E-state index contributed by atoms with van der Waals surface area (Å²) in [7, 11) is 0. The Morgan fingerprint density at radius 3 is 3.00 bits per heavy atom. The lowest BCUT2D eigenvalue weighted by atomic mass is 10.3. The van der Waals surface area contributed by atoms with E-state index in [0.29, 0.717) is 5.82 Å². The van der Waals surface area contributed by atoms with Gasteiger partial charge in [-0.3, -0.25) is 9.59 Å². The van der Waals surface area contributed by atoms with Crippen LogP contribution in [0.4, 0.5) is 0 Å². The van der Waals surface area contributed by atoms with Gasteiger partial charge in [0.05, 0.1) is 12.3 Å². The van der Waals surface area contributed by atoms with Gasteiger partial charge in [0.1, 0.15) is 5.82 Å². The molecular formula is C13H16N4O3. The minimum absolute atomic E-state index is 0.159. The number of imidazole rings is 1. The number of furan rings is 1. The summed E-state index contributed by atoms with van der Waals surface area (Å²) in [5.41, 5.74) is 0. The van der Waals surface area contributed by atoms with Crippen molar-refractivity contribution in [2.45, 2.75) is 19.4 Å². The number of amides is 2. The summed E-state index contributed by atoms with van der Waals surface area (Å²) in [6, 6.07) is 3.00. The second-order valence-corrected chi connectivity index (χ2v) is 4.25. The van der Waals surface area contributed by atoms with Crippen molar-refractivity contribution in [1.82, 2.24) is 20.6 Å². The van der Waals surface area contributed by atoms with Crippen LogP contribution in [-0.2, 0) is 4.79 Å². The highest BCUT2D eigenvalue weighted by atomic mass is 16.3. The first-order chi connectivity index (χ1) is 9.66. The highest BCUT2D eigenvalue weighted by Gasteiger charge is 2.12. The molecule has 0 saturated carbocycles. The third-order valence-electron chi connectivity index (χ3n) is 2.69. The van der Waals surface area contributed by atoms with Crippen LogP contribution in [0, 0.1) is 0 Å². The van der Waals surface area contributed by atoms with Crippen molar-refractivity contribution in [2.24, 2.45) is 0 Å². The molecule has 0 radical (unpaired) electrons. The van der Waals surface area contributed by atoms with E-state index in [1.54, 1.807) is 24.5 Å². The van der Waals surface area contributed by atoms with Crippen molar-refractivity contribution in [3.8, 4) is 0 Å². The first-order valence-electron chi connectivity index (χ1n) is 6.27. The van der Waals surface area contributed by atoms with E-state index >= 15 is 0 Å². The van der Waals surface area contributed by atoms with Crippen molar-refractivity contribution in [2.75, 3.05) is 6.54 Å². The van der Waals surface area contributed by atoms with Crippen molar-refractivity contribution >= 4 is 11.8 Å². The van der Waals surface area contributed by atoms with E-state index in [4.69, 9.17) is 4.42 Å². The fourth-order valence-electron chi connectivity index (χ4n) is 1.68. The van der Waals surface area contributed by atoms with Crippen molar-refractivity contribution in [3.63, 3.8) is 0 Å². The van der Waals surface area contributed by atoms with E-state index in [0.717, 1.165) is 0 Å². The van der Waals surface area contributed by atoms with Crippen molar-refractivity contribution in [1.29, 1.82) is 0 Å². The predicted octanol–water partition coefficient (Wildman–Crippen LogP) is 1.000. The van der Waals surface area contributed by atoms with Gasteiger partial charge < -0.3 is 20.0 Å². The number of aromatic amines is 1. The topological polar surface area (TPSA) is 100 Å². The molecule has 0 aromatic carbocycles. The van der Waals surface area contributed by atoms with Gasteiger partial charge in [0.25, 0.3) is 5.91 Å². The van der Waals surface area contributed by atoms with Gasteiger partial charge in [0.15, 0.2) is 5.76 Å². The molecule has 0 bridgehead atoms. The van der Waals surface area contributed by atoms with Gasteiger partial charge in [0.2, 0.25) is 5.91 Å². The largest absolute Gasteiger partial charge is 0.459 e. The number of nitrogens with one attached hydrogen (secondary N) is 3.